The van der Waals surface area contributed by atoms with Crippen LogP contribution in [0.5, 0.6) is 0 Å². The molecule has 2 heterocycles. The van der Waals surface area contributed by atoms with Crippen molar-refractivity contribution in [3.05, 3.63) is 35.9 Å². The van der Waals surface area contributed by atoms with Gasteiger partial charge in [0, 0.05) is 0 Å². The van der Waals surface area contributed by atoms with Crippen molar-refractivity contribution in [3.63, 3.8) is 0 Å². The number of hydrogen-bond acceptors (Lipinski definition) is 5. The van der Waals surface area contributed by atoms with Gasteiger partial charge in [0.2, 0.25) is 0 Å². The number of aliphatic hydroxyl groups excluding tert-OH is 1. The molecule has 1 N–H and O–H groups in total. The number of fused-ring (bicyclic) bond motifs is 1. The lowest BCUT2D eigenvalue weighted by molar-refractivity contribution is -0.287. The van der Waals surface area contributed by atoms with Gasteiger partial charge in [-0.1, -0.05) is 30.3 Å². The number of ether oxygens (including phenoxy) is 4. The molecule has 0 amide bonds. The fourth-order valence-corrected chi connectivity index (χ4v) is 3.64. The van der Waals surface area contributed by atoms with E-state index in [0.29, 0.717) is 6.61 Å². The molecule has 1 aromatic carbocycles. The molecule has 2 aliphatic heterocycles. The van der Waals surface area contributed by atoms with Crippen LogP contribution in [0.3, 0.4) is 0 Å². The Balaban J connectivity index is 1.53. The van der Waals surface area contributed by atoms with Gasteiger partial charge in [-0.3, -0.25) is 0 Å². The molecule has 3 unspecified atom stereocenters. The van der Waals surface area contributed by atoms with Crippen molar-refractivity contribution >= 4 is 0 Å². The highest BCUT2D eigenvalue weighted by Gasteiger charge is 2.68. The molecule has 3 aliphatic rings. The first-order chi connectivity index (χ1) is 10.5. The standard InChI is InChI=1S/C17H22O5/c1-16(2)20-13-14(19-10-11-6-4-3-5-7-11)17(9-8-12(17)18)22-15(13)21-16/h3-7,12-15,18H,8-10H2,1-2H3/t12-,13?,14?,15?,17+/m0/s1. The van der Waals surface area contributed by atoms with Crippen molar-refractivity contribution in [1.29, 1.82) is 0 Å². The Morgan fingerprint density at radius 2 is 1.95 bits per heavy atom. The predicted octanol–water partition coefficient (Wildman–Crippen LogP) is 1.97. The Bertz CT molecular complexity index is 545. The first-order valence-corrected chi connectivity index (χ1v) is 7.87. The lowest BCUT2D eigenvalue weighted by Gasteiger charge is -2.47. The second-order valence-corrected chi connectivity index (χ2v) is 6.81. The maximum Gasteiger partial charge on any atom is 0.190 e. The van der Waals surface area contributed by atoms with Crippen LogP contribution < -0.4 is 0 Å². The molecule has 0 bridgehead atoms. The summed E-state index contributed by atoms with van der Waals surface area (Å²) in [6.07, 6.45) is -0.0984. The SMILES string of the molecule is CC1(C)OC2O[C@@]3(CC[C@@H]3O)C(OCc3ccccc3)C2O1. The van der Waals surface area contributed by atoms with Crippen molar-refractivity contribution in [1.82, 2.24) is 0 Å². The molecule has 4 rings (SSSR count). The van der Waals surface area contributed by atoms with E-state index in [0.717, 1.165) is 18.4 Å². The molecule has 5 nitrogen and oxygen atoms in total. The highest BCUT2D eigenvalue weighted by Crippen LogP contribution is 2.52. The largest absolute Gasteiger partial charge is 0.390 e. The molecular formula is C17H22O5. The summed E-state index contributed by atoms with van der Waals surface area (Å²) in [7, 11) is 0. The van der Waals surface area contributed by atoms with Gasteiger partial charge in [0.05, 0.1) is 12.7 Å². The average Bonchev–Trinajstić information content (AvgIpc) is 2.95. The van der Waals surface area contributed by atoms with E-state index < -0.39 is 23.8 Å². The third-order valence-electron chi connectivity index (χ3n) is 4.85. The molecule has 1 aliphatic carbocycles. The minimum atomic E-state index is -0.681. The van der Waals surface area contributed by atoms with Crippen LogP contribution in [0.2, 0.25) is 0 Å². The van der Waals surface area contributed by atoms with Crippen LogP contribution in [0.15, 0.2) is 30.3 Å². The van der Waals surface area contributed by atoms with E-state index in [1.807, 2.05) is 44.2 Å². The van der Waals surface area contributed by atoms with Crippen LogP contribution in [-0.4, -0.2) is 41.1 Å². The predicted molar refractivity (Wildman–Crippen MR) is 77.9 cm³/mol. The lowest BCUT2D eigenvalue weighted by atomic mass is 9.73. The normalized spacial score (nSPS) is 42.3. The Kier molecular flexibility index (Phi) is 3.33. The molecule has 1 spiro atoms. The van der Waals surface area contributed by atoms with Crippen molar-refractivity contribution in [2.75, 3.05) is 0 Å². The molecular weight excluding hydrogens is 284 g/mol. The number of aliphatic hydroxyl groups is 1. The maximum atomic E-state index is 10.2. The molecule has 120 valence electrons. The molecule has 3 fully saturated rings. The topological polar surface area (TPSA) is 57.2 Å². The minimum absolute atomic E-state index is 0.298. The van der Waals surface area contributed by atoms with Crippen molar-refractivity contribution in [2.24, 2.45) is 0 Å². The van der Waals surface area contributed by atoms with Crippen molar-refractivity contribution in [3.8, 4) is 0 Å². The molecule has 1 aromatic rings. The highest BCUT2D eigenvalue weighted by molar-refractivity contribution is 5.16. The second kappa shape index (κ2) is 5.01. The van der Waals surface area contributed by atoms with Gasteiger partial charge >= 0.3 is 0 Å². The molecule has 2 saturated heterocycles. The smallest absolute Gasteiger partial charge is 0.190 e. The lowest BCUT2D eigenvalue weighted by Crippen LogP contribution is -2.61. The van der Waals surface area contributed by atoms with Gasteiger partial charge in [-0.05, 0) is 32.3 Å². The third kappa shape index (κ3) is 2.20. The van der Waals surface area contributed by atoms with Gasteiger partial charge in [0.15, 0.2) is 12.1 Å². The summed E-state index contributed by atoms with van der Waals surface area (Å²) in [6, 6.07) is 9.99. The Morgan fingerprint density at radius 3 is 2.59 bits per heavy atom. The summed E-state index contributed by atoms with van der Waals surface area (Å²) in [5.41, 5.74) is 0.411. The summed E-state index contributed by atoms with van der Waals surface area (Å²) < 4.78 is 23.9. The fraction of sp³-hybridized carbons (Fsp3) is 0.647. The average molecular weight is 306 g/mol. The van der Waals surface area contributed by atoms with Crippen LogP contribution >= 0.6 is 0 Å². The van der Waals surface area contributed by atoms with Gasteiger partial charge in [-0.25, -0.2) is 0 Å². The summed E-state index contributed by atoms with van der Waals surface area (Å²) >= 11 is 0. The van der Waals surface area contributed by atoms with Gasteiger partial charge in [-0.2, -0.15) is 0 Å². The minimum Gasteiger partial charge on any atom is -0.390 e. The van der Waals surface area contributed by atoms with Crippen LogP contribution in [0, 0.1) is 0 Å². The molecule has 22 heavy (non-hydrogen) atoms. The molecule has 0 aromatic heterocycles. The van der Waals surface area contributed by atoms with E-state index in [9.17, 15) is 5.11 Å². The van der Waals surface area contributed by atoms with Gasteiger partial charge in [-0.15, -0.1) is 0 Å². The monoisotopic (exact) mass is 306 g/mol. The maximum absolute atomic E-state index is 10.2. The molecule has 5 heteroatoms. The second-order valence-electron chi connectivity index (χ2n) is 6.81. The first kappa shape index (κ1) is 14.6. The van der Waals surface area contributed by atoms with E-state index in [1.165, 1.54) is 0 Å². The highest BCUT2D eigenvalue weighted by atomic mass is 16.8. The van der Waals surface area contributed by atoms with Crippen LogP contribution in [0.4, 0.5) is 0 Å². The Hall–Kier alpha value is -0.980. The first-order valence-electron chi connectivity index (χ1n) is 7.87. The zero-order valence-corrected chi connectivity index (χ0v) is 12.9. The molecule has 5 atom stereocenters. The quantitative estimate of drug-likeness (QED) is 0.925. The summed E-state index contributed by atoms with van der Waals surface area (Å²) in [4.78, 5) is 0. The van der Waals surface area contributed by atoms with Gasteiger partial charge in [0.1, 0.15) is 17.8 Å². The van der Waals surface area contributed by atoms with E-state index >= 15 is 0 Å². The summed E-state index contributed by atoms with van der Waals surface area (Å²) in [5.74, 6) is -0.681. The van der Waals surface area contributed by atoms with Gasteiger partial charge in [0.25, 0.3) is 0 Å². The summed E-state index contributed by atoms with van der Waals surface area (Å²) in [6.45, 7) is 4.20. The van der Waals surface area contributed by atoms with Crippen LogP contribution in [-0.2, 0) is 25.6 Å². The third-order valence-corrected chi connectivity index (χ3v) is 4.85. The van der Waals surface area contributed by atoms with Crippen molar-refractivity contribution < 1.29 is 24.1 Å². The molecule has 1 saturated carbocycles. The van der Waals surface area contributed by atoms with E-state index in [1.54, 1.807) is 0 Å². The van der Waals surface area contributed by atoms with Crippen molar-refractivity contribution in [2.45, 2.75) is 69.3 Å². The zero-order chi connectivity index (χ0) is 15.4. The number of benzene rings is 1. The number of hydrogen-bond donors (Lipinski definition) is 1. The van der Waals surface area contributed by atoms with Crippen LogP contribution in [0.25, 0.3) is 0 Å². The summed E-state index contributed by atoms with van der Waals surface area (Å²) in [5, 5.41) is 10.2. The zero-order valence-electron chi connectivity index (χ0n) is 12.9. The Morgan fingerprint density at radius 1 is 1.18 bits per heavy atom. The fourth-order valence-electron chi connectivity index (χ4n) is 3.64. The van der Waals surface area contributed by atoms with Crippen LogP contribution in [0.1, 0.15) is 32.3 Å². The van der Waals surface area contributed by atoms with E-state index in [4.69, 9.17) is 18.9 Å². The Labute approximate surface area is 130 Å². The van der Waals surface area contributed by atoms with E-state index in [-0.39, 0.29) is 12.2 Å². The van der Waals surface area contributed by atoms with Gasteiger partial charge < -0.3 is 24.1 Å². The number of rotatable bonds is 3. The molecule has 0 radical (unpaired) electrons. The van der Waals surface area contributed by atoms with E-state index in [2.05, 4.69) is 0 Å².